The van der Waals surface area contributed by atoms with E-state index in [0.717, 1.165) is 45.0 Å². The van der Waals surface area contributed by atoms with Gasteiger partial charge in [0.25, 0.3) is 5.91 Å². The largest absolute Gasteiger partial charge is 0.375 e. The highest BCUT2D eigenvalue weighted by atomic mass is 19.1. The van der Waals surface area contributed by atoms with Crippen molar-refractivity contribution >= 4 is 11.9 Å². The van der Waals surface area contributed by atoms with Crippen molar-refractivity contribution in [3.63, 3.8) is 0 Å². The van der Waals surface area contributed by atoms with Crippen LogP contribution in [0.2, 0.25) is 0 Å². The summed E-state index contributed by atoms with van der Waals surface area (Å²) in [5, 5.41) is 6.02. The molecule has 2 heterocycles. The number of halogens is 1. The molecule has 0 radical (unpaired) electrons. The van der Waals surface area contributed by atoms with Gasteiger partial charge in [-0.25, -0.2) is 4.39 Å². The number of carbonyl (C=O) groups excluding carboxylic acids is 1. The summed E-state index contributed by atoms with van der Waals surface area (Å²) in [6.45, 7) is 6.45. The predicted octanol–water partition coefficient (Wildman–Crippen LogP) is 1.40. The lowest BCUT2D eigenvalue weighted by molar-refractivity contribution is -0.0817. The van der Waals surface area contributed by atoms with Crippen LogP contribution in [-0.4, -0.2) is 74.9 Å². The maximum Gasteiger partial charge on any atom is 0.254 e. The zero-order valence-corrected chi connectivity index (χ0v) is 16.3. The van der Waals surface area contributed by atoms with Gasteiger partial charge in [-0.3, -0.25) is 9.79 Å². The Hall–Kier alpha value is -2.19. The maximum absolute atomic E-state index is 13.7. The molecule has 2 aliphatic heterocycles. The quantitative estimate of drug-likeness (QED) is 0.435. The molecular formula is C20H29FN4O3. The van der Waals surface area contributed by atoms with Crippen molar-refractivity contribution in [3.8, 4) is 0 Å². The van der Waals surface area contributed by atoms with Crippen LogP contribution in [0, 0.1) is 5.82 Å². The average Bonchev–Trinajstić information content (AvgIpc) is 3.25. The highest BCUT2D eigenvalue weighted by Crippen LogP contribution is 2.21. The van der Waals surface area contributed by atoms with E-state index in [4.69, 9.17) is 9.47 Å². The minimum atomic E-state index is -0.523. The first-order chi connectivity index (χ1) is 13.7. The molecule has 2 unspecified atom stereocenters. The Labute approximate surface area is 165 Å². The van der Waals surface area contributed by atoms with Gasteiger partial charge in [0.1, 0.15) is 11.9 Å². The molecular weight excluding hydrogens is 363 g/mol. The van der Waals surface area contributed by atoms with Crippen LogP contribution in [0.25, 0.3) is 0 Å². The van der Waals surface area contributed by atoms with Gasteiger partial charge in [-0.05, 0) is 31.9 Å². The van der Waals surface area contributed by atoms with E-state index in [9.17, 15) is 9.18 Å². The minimum Gasteiger partial charge on any atom is -0.375 e. The lowest BCUT2D eigenvalue weighted by Gasteiger charge is -2.37. The van der Waals surface area contributed by atoms with E-state index in [0.29, 0.717) is 19.7 Å². The van der Waals surface area contributed by atoms with E-state index in [1.54, 1.807) is 12.1 Å². The Balaban J connectivity index is 1.52. The Morgan fingerprint density at radius 2 is 2.07 bits per heavy atom. The fourth-order valence-corrected chi connectivity index (χ4v) is 3.49. The van der Waals surface area contributed by atoms with Gasteiger partial charge >= 0.3 is 0 Å². The van der Waals surface area contributed by atoms with E-state index < -0.39 is 11.7 Å². The molecule has 1 aromatic rings. The Morgan fingerprint density at radius 1 is 1.25 bits per heavy atom. The van der Waals surface area contributed by atoms with Crippen molar-refractivity contribution in [2.75, 3.05) is 45.9 Å². The SMILES string of the molecule is CCNC(=NCCNC(=O)c1ccccc1F)N1CCOC(C2CCCO2)C1. The van der Waals surface area contributed by atoms with Gasteiger partial charge in [0.15, 0.2) is 5.96 Å². The first kappa shape index (κ1) is 20.5. The average molecular weight is 392 g/mol. The second-order valence-corrected chi connectivity index (χ2v) is 6.88. The van der Waals surface area contributed by atoms with Crippen LogP contribution < -0.4 is 10.6 Å². The topological polar surface area (TPSA) is 75.2 Å². The number of ether oxygens (including phenoxy) is 2. The number of benzene rings is 1. The van der Waals surface area contributed by atoms with Crippen molar-refractivity contribution < 1.29 is 18.7 Å². The summed E-state index contributed by atoms with van der Waals surface area (Å²) in [4.78, 5) is 18.9. The summed E-state index contributed by atoms with van der Waals surface area (Å²) in [6.07, 6.45) is 2.33. The molecule has 154 valence electrons. The predicted molar refractivity (Wildman–Crippen MR) is 105 cm³/mol. The number of amides is 1. The molecule has 8 heteroatoms. The molecule has 2 fully saturated rings. The third-order valence-electron chi connectivity index (χ3n) is 4.88. The van der Waals surface area contributed by atoms with Crippen molar-refractivity contribution in [3.05, 3.63) is 35.6 Å². The number of guanidine groups is 1. The van der Waals surface area contributed by atoms with Gasteiger partial charge in [-0.2, -0.15) is 0 Å². The number of morpholine rings is 1. The van der Waals surface area contributed by atoms with Crippen LogP contribution in [0.1, 0.15) is 30.1 Å². The number of aliphatic imine (C=N–C) groups is 1. The van der Waals surface area contributed by atoms with Crippen molar-refractivity contribution in [1.29, 1.82) is 0 Å². The van der Waals surface area contributed by atoms with Gasteiger partial charge in [-0.1, -0.05) is 12.1 Å². The minimum absolute atomic E-state index is 0.0472. The highest BCUT2D eigenvalue weighted by Gasteiger charge is 2.32. The maximum atomic E-state index is 13.7. The van der Waals surface area contributed by atoms with Gasteiger partial charge in [0.2, 0.25) is 0 Å². The zero-order valence-electron chi connectivity index (χ0n) is 16.3. The standard InChI is InChI=1S/C20H29FN4O3/c1-2-22-20(25-11-13-28-18(14-25)17-8-5-12-27-17)24-10-9-23-19(26)15-6-3-4-7-16(15)21/h3-4,6-7,17-18H,2,5,8-14H2,1H3,(H,22,24)(H,23,26). The summed E-state index contributed by atoms with van der Waals surface area (Å²) in [7, 11) is 0. The van der Waals surface area contributed by atoms with E-state index in [1.165, 1.54) is 12.1 Å². The summed E-state index contributed by atoms with van der Waals surface area (Å²) in [6, 6.07) is 5.95. The Bertz CT molecular complexity index is 679. The van der Waals surface area contributed by atoms with Crippen molar-refractivity contribution in [2.24, 2.45) is 4.99 Å². The Morgan fingerprint density at radius 3 is 2.82 bits per heavy atom. The number of nitrogens with one attached hydrogen (secondary N) is 2. The zero-order chi connectivity index (χ0) is 19.8. The molecule has 0 spiro atoms. The summed E-state index contributed by atoms with van der Waals surface area (Å²) in [5.41, 5.74) is 0.0472. The first-order valence-corrected chi connectivity index (χ1v) is 9.98. The van der Waals surface area contributed by atoms with Crippen LogP contribution in [0.5, 0.6) is 0 Å². The van der Waals surface area contributed by atoms with Crippen LogP contribution in [0.15, 0.2) is 29.3 Å². The molecule has 1 aromatic carbocycles. The monoisotopic (exact) mass is 392 g/mol. The normalized spacial score (nSPS) is 22.9. The summed E-state index contributed by atoms with van der Waals surface area (Å²) >= 11 is 0. The molecule has 28 heavy (non-hydrogen) atoms. The van der Waals surface area contributed by atoms with E-state index >= 15 is 0 Å². The van der Waals surface area contributed by atoms with Gasteiger partial charge in [0.05, 0.1) is 24.8 Å². The lowest BCUT2D eigenvalue weighted by Crippen LogP contribution is -2.53. The van der Waals surface area contributed by atoms with E-state index in [-0.39, 0.29) is 17.8 Å². The summed E-state index contributed by atoms with van der Waals surface area (Å²) < 4.78 is 25.3. The smallest absolute Gasteiger partial charge is 0.254 e. The van der Waals surface area contributed by atoms with Crippen LogP contribution in [-0.2, 0) is 9.47 Å². The third-order valence-corrected chi connectivity index (χ3v) is 4.88. The number of nitrogens with zero attached hydrogens (tertiary/aromatic N) is 2. The lowest BCUT2D eigenvalue weighted by atomic mass is 10.1. The van der Waals surface area contributed by atoms with Gasteiger partial charge in [-0.15, -0.1) is 0 Å². The second kappa shape index (κ2) is 10.4. The second-order valence-electron chi connectivity index (χ2n) is 6.88. The molecule has 0 aliphatic carbocycles. The van der Waals surface area contributed by atoms with Crippen molar-refractivity contribution in [1.82, 2.24) is 15.5 Å². The fourth-order valence-electron chi connectivity index (χ4n) is 3.49. The van der Waals surface area contributed by atoms with Crippen LogP contribution >= 0.6 is 0 Å². The molecule has 1 amide bonds. The van der Waals surface area contributed by atoms with Crippen molar-refractivity contribution in [2.45, 2.75) is 32.0 Å². The Kier molecular flexibility index (Phi) is 7.62. The van der Waals surface area contributed by atoms with Crippen LogP contribution in [0.4, 0.5) is 4.39 Å². The molecule has 2 N–H and O–H groups in total. The van der Waals surface area contributed by atoms with E-state index in [1.807, 2.05) is 6.92 Å². The first-order valence-electron chi connectivity index (χ1n) is 9.98. The third kappa shape index (κ3) is 5.42. The van der Waals surface area contributed by atoms with Crippen LogP contribution in [0.3, 0.4) is 0 Å². The molecule has 3 rings (SSSR count). The number of hydrogen-bond donors (Lipinski definition) is 2. The van der Waals surface area contributed by atoms with Gasteiger partial charge < -0.3 is 25.0 Å². The highest BCUT2D eigenvalue weighted by molar-refractivity contribution is 5.94. The molecule has 0 bridgehead atoms. The molecule has 2 saturated heterocycles. The molecule has 2 atom stereocenters. The fraction of sp³-hybridized carbons (Fsp3) is 0.600. The number of carbonyl (C=O) groups is 1. The van der Waals surface area contributed by atoms with E-state index in [2.05, 4.69) is 20.5 Å². The number of rotatable bonds is 6. The molecule has 7 nitrogen and oxygen atoms in total. The number of hydrogen-bond acceptors (Lipinski definition) is 4. The molecule has 2 aliphatic rings. The molecule has 0 saturated carbocycles. The molecule has 0 aromatic heterocycles. The summed E-state index contributed by atoms with van der Waals surface area (Å²) in [5.74, 6) is -0.151. The van der Waals surface area contributed by atoms with Gasteiger partial charge in [0, 0.05) is 32.8 Å².